The molecule has 0 aromatic carbocycles. The van der Waals surface area contributed by atoms with Crippen LogP contribution in [0.1, 0.15) is 113 Å². The molecule has 0 nitrogen and oxygen atoms in total. The predicted molar refractivity (Wildman–Crippen MR) is 121 cm³/mol. The van der Waals surface area contributed by atoms with Gasteiger partial charge in [0.2, 0.25) is 0 Å². The van der Waals surface area contributed by atoms with Crippen LogP contribution in [0.5, 0.6) is 0 Å². The first-order valence-electron chi connectivity index (χ1n) is 11.5. The normalized spacial score (nSPS) is 13.3. The zero-order valence-corrected chi connectivity index (χ0v) is 21.8. The molecular weight excluding hydrogens is 407 g/mol. The molecule has 0 aliphatic carbocycles. The number of unbranched alkanes of at least 4 members (excludes halogenated alkanes) is 5. The fourth-order valence-electron chi connectivity index (χ4n) is 3.68. The van der Waals surface area contributed by atoms with Crippen molar-refractivity contribution in [3.8, 4) is 0 Å². The molecule has 0 bridgehead atoms. The van der Waals surface area contributed by atoms with E-state index in [1.54, 1.807) is 13.3 Å². The average molecular weight is 457 g/mol. The second kappa shape index (κ2) is 14.6. The van der Waals surface area contributed by atoms with Gasteiger partial charge in [-0.15, -0.1) is 0 Å². The molecule has 0 aromatic rings. The molecule has 25 heavy (non-hydrogen) atoms. The van der Waals surface area contributed by atoms with Crippen LogP contribution in [0.25, 0.3) is 0 Å². The molecule has 0 N–H and O–H groups in total. The second-order valence-corrected chi connectivity index (χ2v) is 22.5. The Hall–Kier alpha value is 0.539. The summed E-state index contributed by atoms with van der Waals surface area (Å²) < 4.78 is 7.70. The van der Waals surface area contributed by atoms with E-state index in [1.165, 1.54) is 64.2 Å². The van der Waals surface area contributed by atoms with Gasteiger partial charge in [-0.05, 0) is 0 Å². The summed E-state index contributed by atoms with van der Waals surface area (Å²) in [5, 5.41) is 0. The predicted octanol–water partition coefficient (Wildman–Crippen LogP) is 9.17. The van der Waals surface area contributed by atoms with Crippen LogP contribution < -0.4 is 0 Å². The van der Waals surface area contributed by atoms with Gasteiger partial charge < -0.3 is 0 Å². The molecule has 0 aliphatic heterocycles. The number of allylic oxidation sites excluding steroid dienone is 1. The van der Waals surface area contributed by atoms with Gasteiger partial charge >= 0.3 is 166 Å². The molecule has 0 fully saturated rings. The summed E-state index contributed by atoms with van der Waals surface area (Å²) in [5.74, 6) is 0.795. The molecule has 0 saturated carbocycles. The summed E-state index contributed by atoms with van der Waals surface area (Å²) in [4.78, 5) is 0. The Morgan fingerprint density at radius 1 is 0.760 bits per heavy atom. The third-order valence-electron chi connectivity index (χ3n) is 6.56. The Kier molecular flexibility index (Phi) is 14.9. The summed E-state index contributed by atoms with van der Waals surface area (Å²) in [6.07, 6.45) is 16.7. The quantitative estimate of drug-likeness (QED) is 0.160. The topological polar surface area (TPSA) is 0 Å². The fraction of sp³-hybridized carbons (Fsp3) is 0.917. The minimum atomic E-state index is -2.00. The van der Waals surface area contributed by atoms with Crippen molar-refractivity contribution in [1.29, 1.82) is 0 Å². The Morgan fingerprint density at radius 3 is 1.64 bits per heavy atom. The van der Waals surface area contributed by atoms with Crippen LogP contribution in [0.3, 0.4) is 0 Å². The monoisotopic (exact) mass is 458 g/mol. The van der Waals surface area contributed by atoms with Crippen molar-refractivity contribution in [2.45, 2.75) is 126 Å². The van der Waals surface area contributed by atoms with Gasteiger partial charge in [-0.25, -0.2) is 0 Å². The fourth-order valence-corrected chi connectivity index (χ4v) is 18.2. The zero-order valence-electron chi connectivity index (χ0n) is 18.9. The van der Waals surface area contributed by atoms with Crippen molar-refractivity contribution in [3.05, 3.63) is 10.2 Å². The molecule has 0 heterocycles. The summed E-state index contributed by atoms with van der Waals surface area (Å²) in [7, 11) is 0. The molecule has 1 heteroatoms. The molecule has 0 radical (unpaired) electrons. The van der Waals surface area contributed by atoms with E-state index < -0.39 is 18.4 Å². The van der Waals surface area contributed by atoms with Crippen LogP contribution in [0, 0.1) is 11.3 Å². The molecule has 0 aliphatic rings. The van der Waals surface area contributed by atoms with Gasteiger partial charge in [0, 0.05) is 0 Å². The van der Waals surface area contributed by atoms with E-state index in [2.05, 4.69) is 58.6 Å². The van der Waals surface area contributed by atoms with Gasteiger partial charge in [0.15, 0.2) is 0 Å². The second-order valence-electron chi connectivity index (χ2n) is 9.46. The van der Waals surface area contributed by atoms with E-state index in [0.717, 1.165) is 5.92 Å². The van der Waals surface area contributed by atoms with Crippen molar-refractivity contribution < 1.29 is 0 Å². The molecule has 0 spiro atoms. The van der Waals surface area contributed by atoms with Gasteiger partial charge in [0.1, 0.15) is 0 Å². The van der Waals surface area contributed by atoms with E-state index in [9.17, 15) is 0 Å². The van der Waals surface area contributed by atoms with Gasteiger partial charge in [0.25, 0.3) is 0 Å². The van der Waals surface area contributed by atoms with E-state index in [0.29, 0.717) is 5.41 Å². The molecule has 0 aromatic heterocycles. The Morgan fingerprint density at radius 2 is 1.24 bits per heavy atom. The first-order valence-corrected chi connectivity index (χ1v) is 19.2. The summed E-state index contributed by atoms with van der Waals surface area (Å²) in [5.41, 5.74) is 0.510. The van der Waals surface area contributed by atoms with Crippen molar-refractivity contribution >= 4 is 18.4 Å². The SMILES string of the molecule is CCC[CH2][Sn]([CH]=CCCCCC(C)(C)C(C)C)([CH2]CCC)[CH2]CCC. The summed E-state index contributed by atoms with van der Waals surface area (Å²) in [6.45, 7) is 16.7. The molecular formula is C24H50Sn. The van der Waals surface area contributed by atoms with Crippen LogP contribution in [0.4, 0.5) is 0 Å². The van der Waals surface area contributed by atoms with E-state index in [-0.39, 0.29) is 0 Å². The van der Waals surface area contributed by atoms with Crippen molar-refractivity contribution in [3.63, 3.8) is 0 Å². The van der Waals surface area contributed by atoms with Crippen molar-refractivity contribution in [2.24, 2.45) is 11.3 Å². The zero-order chi connectivity index (χ0) is 19.2. The van der Waals surface area contributed by atoms with Crippen LogP contribution in [0.15, 0.2) is 10.2 Å². The van der Waals surface area contributed by atoms with Crippen molar-refractivity contribution in [1.82, 2.24) is 0 Å². The minimum absolute atomic E-state index is 0.510. The number of rotatable bonds is 16. The standard InChI is InChI=1S/C12H23.3C4H9.Sn/c1-6-7-8-9-10-12(4,5)11(2)3;3*1-3-4-2;/h1,6,11H,7-10H2,2-5H3;3*1,3-4H2,2H3;. The first kappa shape index (κ1) is 25.5. The molecule has 0 saturated heterocycles. The number of hydrogen-bond donors (Lipinski definition) is 0. The Labute approximate surface area is 165 Å². The first-order chi connectivity index (χ1) is 11.8. The van der Waals surface area contributed by atoms with Crippen LogP contribution in [-0.4, -0.2) is 18.4 Å². The third kappa shape index (κ3) is 11.8. The van der Waals surface area contributed by atoms with Gasteiger partial charge in [-0.3, -0.25) is 0 Å². The van der Waals surface area contributed by atoms with Gasteiger partial charge in [0.05, 0.1) is 0 Å². The molecule has 0 atom stereocenters. The van der Waals surface area contributed by atoms with E-state index >= 15 is 0 Å². The third-order valence-corrected chi connectivity index (χ3v) is 20.8. The molecule has 0 amide bonds. The summed E-state index contributed by atoms with van der Waals surface area (Å²) in [6, 6.07) is 0. The molecule has 0 rings (SSSR count). The van der Waals surface area contributed by atoms with Gasteiger partial charge in [-0.2, -0.15) is 0 Å². The summed E-state index contributed by atoms with van der Waals surface area (Å²) >= 11 is -2.00. The van der Waals surface area contributed by atoms with Crippen molar-refractivity contribution in [2.75, 3.05) is 0 Å². The van der Waals surface area contributed by atoms with Crippen LogP contribution in [0.2, 0.25) is 13.3 Å². The average Bonchev–Trinajstić information content (AvgIpc) is 2.58. The molecule has 0 unspecified atom stereocenters. The molecule has 150 valence electrons. The Balaban J connectivity index is 4.56. The maximum atomic E-state index is 2.86. The van der Waals surface area contributed by atoms with Crippen LogP contribution in [-0.2, 0) is 0 Å². The van der Waals surface area contributed by atoms with E-state index in [1.807, 2.05) is 0 Å². The maximum absolute atomic E-state index is 2.86. The Bertz CT molecular complexity index is 305. The van der Waals surface area contributed by atoms with E-state index in [4.69, 9.17) is 0 Å². The van der Waals surface area contributed by atoms with Crippen LogP contribution >= 0.6 is 0 Å². The van der Waals surface area contributed by atoms with Gasteiger partial charge in [-0.1, -0.05) is 0 Å². The number of hydrogen-bond acceptors (Lipinski definition) is 0.